The van der Waals surface area contributed by atoms with Crippen molar-refractivity contribution in [3.63, 3.8) is 0 Å². The highest BCUT2D eigenvalue weighted by atomic mass is 35.5. The first-order valence-electron chi connectivity index (χ1n) is 4.43. The molecule has 0 saturated carbocycles. The third kappa shape index (κ3) is 2.07. The molecule has 0 radical (unpaired) electrons. The average molecular weight is 222 g/mol. The Morgan fingerprint density at radius 2 is 2.13 bits per heavy atom. The second-order valence-corrected chi connectivity index (χ2v) is 3.59. The van der Waals surface area contributed by atoms with Crippen LogP contribution in [0, 0.1) is 0 Å². The molecule has 0 aliphatic heterocycles. The summed E-state index contributed by atoms with van der Waals surface area (Å²) in [5, 5.41) is 10.0. The lowest BCUT2D eigenvalue weighted by Gasteiger charge is -2.02. The van der Waals surface area contributed by atoms with Gasteiger partial charge in [-0.15, -0.1) is 0 Å². The van der Waals surface area contributed by atoms with Gasteiger partial charge in [-0.1, -0.05) is 29.8 Å². The van der Waals surface area contributed by atoms with Crippen molar-refractivity contribution in [1.29, 1.82) is 0 Å². The first-order chi connectivity index (χ1) is 7.16. The SMILES string of the molecule is O=C(O)Cc1cc(Cl)c2ccccc2n1. The van der Waals surface area contributed by atoms with Gasteiger partial charge in [0.2, 0.25) is 0 Å². The van der Waals surface area contributed by atoms with E-state index in [0.717, 1.165) is 10.9 Å². The van der Waals surface area contributed by atoms with Crippen molar-refractivity contribution >= 4 is 28.5 Å². The van der Waals surface area contributed by atoms with E-state index in [0.29, 0.717) is 10.7 Å². The zero-order chi connectivity index (χ0) is 10.8. The minimum Gasteiger partial charge on any atom is -0.481 e. The van der Waals surface area contributed by atoms with Crippen LogP contribution in [-0.4, -0.2) is 16.1 Å². The van der Waals surface area contributed by atoms with Crippen molar-refractivity contribution in [2.75, 3.05) is 0 Å². The minimum absolute atomic E-state index is 0.107. The predicted molar refractivity (Wildman–Crippen MR) is 58.1 cm³/mol. The molecule has 2 rings (SSSR count). The molecule has 0 fully saturated rings. The molecule has 0 spiro atoms. The highest BCUT2D eigenvalue weighted by Crippen LogP contribution is 2.22. The Morgan fingerprint density at radius 3 is 2.87 bits per heavy atom. The summed E-state index contributed by atoms with van der Waals surface area (Å²) in [6, 6.07) is 8.97. The van der Waals surface area contributed by atoms with E-state index < -0.39 is 5.97 Å². The van der Waals surface area contributed by atoms with Crippen molar-refractivity contribution in [3.05, 3.63) is 41.0 Å². The summed E-state index contributed by atoms with van der Waals surface area (Å²) in [6.07, 6.45) is -0.107. The molecule has 1 aromatic heterocycles. The average Bonchev–Trinajstić information content (AvgIpc) is 2.16. The first-order valence-corrected chi connectivity index (χ1v) is 4.80. The quantitative estimate of drug-likeness (QED) is 0.848. The normalized spacial score (nSPS) is 10.5. The van der Waals surface area contributed by atoms with E-state index in [4.69, 9.17) is 16.7 Å². The fraction of sp³-hybridized carbons (Fsp3) is 0.0909. The van der Waals surface area contributed by atoms with Gasteiger partial charge in [-0.05, 0) is 12.1 Å². The standard InChI is InChI=1S/C11H8ClNO2/c12-9-5-7(6-11(14)15)13-10-4-2-1-3-8(9)10/h1-5H,6H2,(H,14,15). The van der Waals surface area contributed by atoms with Gasteiger partial charge in [-0.2, -0.15) is 0 Å². The number of benzene rings is 1. The molecule has 76 valence electrons. The highest BCUT2D eigenvalue weighted by Gasteiger charge is 2.06. The van der Waals surface area contributed by atoms with Crippen molar-refractivity contribution in [2.24, 2.45) is 0 Å². The summed E-state index contributed by atoms with van der Waals surface area (Å²) in [7, 11) is 0. The lowest BCUT2D eigenvalue weighted by atomic mass is 10.2. The number of carboxylic acids is 1. The maximum Gasteiger partial charge on any atom is 0.309 e. The largest absolute Gasteiger partial charge is 0.481 e. The molecule has 0 aliphatic rings. The molecule has 2 aromatic rings. The Bertz CT molecular complexity index is 525. The van der Waals surface area contributed by atoms with Crippen LogP contribution in [0.5, 0.6) is 0 Å². The molecule has 1 N–H and O–H groups in total. The van der Waals surface area contributed by atoms with Crippen LogP contribution in [0.3, 0.4) is 0 Å². The fourth-order valence-electron chi connectivity index (χ4n) is 1.43. The van der Waals surface area contributed by atoms with Crippen molar-refractivity contribution in [2.45, 2.75) is 6.42 Å². The third-order valence-corrected chi connectivity index (χ3v) is 2.36. The molecule has 0 aliphatic carbocycles. The molecule has 0 bridgehead atoms. The summed E-state index contributed by atoms with van der Waals surface area (Å²) >= 11 is 6.01. The number of aliphatic carboxylic acids is 1. The highest BCUT2D eigenvalue weighted by molar-refractivity contribution is 6.35. The van der Waals surface area contributed by atoms with Crippen LogP contribution in [0.2, 0.25) is 5.02 Å². The van der Waals surface area contributed by atoms with Gasteiger partial charge in [0.05, 0.1) is 22.7 Å². The van der Waals surface area contributed by atoms with E-state index in [-0.39, 0.29) is 6.42 Å². The Morgan fingerprint density at radius 1 is 1.40 bits per heavy atom. The predicted octanol–water partition coefficient (Wildman–Crippen LogP) is 2.52. The Hall–Kier alpha value is -1.61. The number of aromatic nitrogens is 1. The van der Waals surface area contributed by atoms with Gasteiger partial charge in [-0.25, -0.2) is 0 Å². The van der Waals surface area contributed by atoms with Gasteiger partial charge >= 0.3 is 5.97 Å². The molecule has 1 heterocycles. The van der Waals surface area contributed by atoms with Crippen LogP contribution in [0.4, 0.5) is 0 Å². The van der Waals surface area contributed by atoms with E-state index >= 15 is 0 Å². The summed E-state index contributed by atoms with van der Waals surface area (Å²) in [4.78, 5) is 14.7. The number of para-hydroxylation sites is 1. The molecule has 1 aromatic carbocycles. The van der Waals surface area contributed by atoms with E-state index in [9.17, 15) is 4.79 Å². The van der Waals surface area contributed by atoms with Crippen LogP contribution in [-0.2, 0) is 11.2 Å². The van der Waals surface area contributed by atoms with Gasteiger partial charge in [0.15, 0.2) is 0 Å². The zero-order valence-corrected chi connectivity index (χ0v) is 8.53. The Kier molecular flexibility index (Phi) is 2.56. The molecule has 3 nitrogen and oxygen atoms in total. The van der Waals surface area contributed by atoms with Crippen LogP contribution < -0.4 is 0 Å². The molecule has 4 heteroatoms. The first kappa shape index (κ1) is 9.93. The van der Waals surface area contributed by atoms with Crippen LogP contribution >= 0.6 is 11.6 Å². The van der Waals surface area contributed by atoms with Gasteiger partial charge in [0.1, 0.15) is 0 Å². The molecular weight excluding hydrogens is 214 g/mol. The monoisotopic (exact) mass is 221 g/mol. The van der Waals surface area contributed by atoms with Gasteiger partial charge < -0.3 is 5.11 Å². The number of hydrogen-bond acceptors (Lipinski definition) is 2. The van der Waals surface area contributed by atoms with E-state index in [1.807, 2.05) is 24.3 Å². The number of halogens is 1. The topological polar surface area (TPSA) is 50.2 Å². The number of hydrogen-bond donors (Lipinski definition) is 1. The van der Waals surface area contributed by atoms with Crippen molar-refractivity contribution in [1.82, 2.24) is 4.98 Å². The molecule has 0 unspecified atom stereocenters. The van der Waals surface area contributed by atoms with Gasteiger partial charge in [0.25, 0.3) is 0 Å². The maximum absolute atomic E-state index is 10.5. The Balaban J connectivity index is 2.57. The van der Waals surface area contributed by atoms with Crippen LogP contribution in [0.25, 0.3) is 10.9 Å². The Labute approximate surface area is 91.3 Å². The number of fused-ring (bicyclic) bond motifs is 1. The van der Waals surface area contributed by atoms with Gasteiger partial charge in [0, 0.05) is 5.39 Å². The molecule has 15 heavy (non-hydrogen) atoms. The minimum atomic E-state index is -0.908. The molecule has 0 saturated heterocycles. The maximum atomic E-state index is 10.5. The number of carboxylic acid groups (broad SMARTS) is 1. The second-order valence-electron chi connectivity index (χ2n) is 3.18. The smallest absolute Gasteiger partial charge is 0.309 e. The summed E-state index contributed by atoms with van der Waals surface area (Å²) in [6.45, 7) is 0. The van der Waals surface area contributed by atoms with E-state index in [1.165, 1.54) is 0 Å². The van der Waals surface area contributed by atoms with Crippen molar-refractivity contribution < 1.29 is 9.90 Å². The van der Waals surface area contributed by atoms with E-state index in [1.54, 1.807) is 6.07 Å². The van der Waals surface area contributed by atoms with Crippen LogP contribution in [0.1, 0.15) is 5.69 Å². The molecule has 0 amide bonds. The van der Waals surface area contributed by atoms with Gasteiger partial charge in [-0.3, -0.25) is 9.78 Å². The lowest BCUT2D eigenvalue weighted by Crippen LogP contribution is -2.02. The van der Waals surface area contributed by atoms with Crippen LogP contribution in [0.15, 0.2) is 30.3 Å². The summed E-state index contributed by atoms with van der Waals surface area (Å²) in [5.74, 6) is -0.908. The second kappa shape index (κ2) is 3.87. The number of rotatable bonds is 2. The number of pyridine rings is 1. The summed E-state index contributed by atoms with van der Waals surface area (Å²) in [5.41, 5.74) is 1.20. The number of nitrogens with zero attached hydrogens (tertiary/aromatic N) is 1. The van der Waals surface area contributed by atoms with Crippen molar-refractivity contribution in [3.8, 4) is 0 Å². The lowest BCUT2D eigenvalue weighted by molar-refractivity contribution is -0.136. The number of carbonyl (C=O) groups is 1. The zero-order valence-electron chi connectivity index (χ0n) is 7.77. The van der Waals surface area contributed by atoms with E-state index in [2.05, 4.69) is 4.98 Å². The summed E-state index contributed by atoms with van der Waals surface area (Å²) < 4.78 is 0. The molecular formula is C11H8ClNO2. The third-order valence-electron chi connectivity index (χ3n) is 2.05. The fourth-order valence-corrected chi connectivity index (χ4v) is 1.72. The molecule has 0 atom stereocenters.